The Morgan fingerprint density at radius 3 is 0.861 bits per heavy atom. The molecule has 16 rings (SSSR count). The maximum Gasteiger partial charge on any atom is 0.164 e. The van der Waals surface area contributed by atoms with E-state index >= 15 is 0 Å². The SMILES string of the molecule is CC1(C)c2ccc(-c3nc(-c4ccc5c(c4)-n4c6ccccc6c6cccc(c64)C5(C)C)nc(-c4ccc5c(c4)-n4c6ccccc6c6cccc(c64)C5(C)C)n3)cc2-n2c3ccccc3c3cccc1c32. The molecule has 13 aromatic rings. The van der Waals surface area contributed by atoms with Crippen molar-refractivity contribution in [3.63, 3.8) is 0 Å². The van der Waals surface area contributed by atoms with Gasteiger partial charge in [0.25, 0.3) is 0 Å². The zero-order valence-electron chi connectivity index (χ0n) is 41.0. The molecule has 7 heterocycles. The average molecular weight is 925 g/mol. The third-order valence-electron chi connectivity index (χ3n) is 17.3. The number of benzene rings is 9. The Bertz CT molecular complexity index is 4130. The van der Waals surface area contributed by atoms with Gasteiger partial charge in [0.05, 0.1) is 50.2 Å². The first kappa shape index (κ1) is 40.2. The Morgan fingerprint density at radius 2 is 0.556 bits per heavy atom. The summed E-state index contributed by atoms with van der Waals surface area (Å²) in [5, 5.41) is 7.58. The van der Waals surface area contributed by atoms with Gasteiger partial charge in [0.1, 0.15) is 0 Å². The van der Waals surface area contributed by atoms with Gasteiger partial charge in [0.15, 0.2) is 17.5 Å². The molecule has 342 valence electrons. The molecule has 0 saturated heterocycles. The fraction of sp³-hybridized carbons (Fsp3) is 0.136. The molecule has 0 fully saturated rings. The van der Waals surface area contributed by atoms with Gasteiger partial charge < -0.3 is 13.7 Å². The molecule has 0 bridgehead atoms. The van der Waals surface area contributed by atoms with Crippen molar-refractivity contribution in [3.05, 3.63) is 215 Å². The standard InChI is InChI=1S/C66H48N6/c1-64(2)46-31-28-37(34-55(46)70-52-25-10-7-16-40(52)43-19-13-22-49(64)58(43)70)61-67-62(38-29-32-47-56(35-38)71-53-26-11-8-17-41(53)44-20-14-23-50(59(44)71)65(47,3)4)69-63(68-61)39-30-33-48-57(36-39)72-54-27-12-9-18-42(54)45-21-15-24-51(60(45)72)66(48,5)6/h7-36H,1-6H3. The van der Waals surface area contributed by atoms with Gasteiger partial charge in [-0.1, -0.05) is 187 Å². The molecule has 9 aromatic carbocycles. The van der Waals surface area contributed by atoms with E-state index < -0.39 is 0 Å². The third-order valence-corrected chi connectivity index (χ3v) is 17.3. The second kappa shape index (κ2) is 13.4. The van der Waals surface area contributed by atoms with Gasteiger partial charge in [-0.2, -0.15) is 0 Å². The molecule has 0 amide bonds. The molecule has 0 saturated carbocycles. The number of rotatable bonds is 3. The van der Waals surface area contributed by atoms with Crippen molar-refractivity contribution in [2.45, 2.75) is 57.8 Å². The molecule has 4 aromatic heterocycles. The largest absolute Gasteiger partial charge is 0.309 e. The normalized spacial score (nSPS) is 15.4. The molecular weight excluding hydrogens is 877 g/mol. The number of hydrogen-bond donors (Lipinski definition) is 0. The Hall–Kier alpha value is -8.61. The molecule has 0 atom stereocenters. The van der Waals surface area contributed by atoms with Gasteiger partial charge >= 0.3 is 0 Å². The highest BCUT2D eigenvalue weighted by Gasteiger charge is 2.39. The zero-order chi connectivity index (χ0) is 48.2. The lowest BCUT2D eigenvalue weighted by Gasteiger charge is -2.35. The van der Waals surface area contributed by atoms with Crippen molar-refractivity contribution >= 4 is 65.4 Å². The molecule has 0 aliphatic carbocycles. The summed E-state index contributed by atoms with van der Waals surface area (Å²) < 4.78 is 7.43. The Balaban J connectivity index is 0.955. The number of nitrogens with zero attached hydrogens (tertiary/aromatic N) is 6. The Kier molecular flexibility index (Phi) is 7.48. The molecule has 3 aliphatic rings. The predicted molar refractivity (Wildman–Crippen MR) is 296 cm³/mol. The molecule has 6 heteroatoms. The summed E-state index contributed by atoms with van der Waals surface area (Å²) in [5.74, 6) is 1.91. The van der Waals surface area contributed by atoms with Crippen LogP contribution in [-0.2, 0) is 16.2 Å². The molecule has 0 N–H and O–H groups in total. The van der Waals surface area contributed by atoms with Gasteiger partial charge in [-0.05, 0) is 69.8 Å². The Morgan fingerprint density at radius 1 is 0.278 bits per heavy atom. The van der Waals surface area contributed by atoms with Crippen LogP contribution >= 0.6 is 0 Å². The van der Waals surface area contributed by atoms with Crippen LogP contribution in [0.1, 0.15) is 74.9 Å². The van der Waals surface area contributed by atoms with E-state index in [1.54, 1.807) is 0 Å². The van der Waals surface area contributed by atoms with Gasteiger partial charge in [-0.15, -0.1) is 0 Å². The van der Waals surface area contributed by atoms with Gasteiger partial charge in [0, 0.05) is 65.3 Å². The number of aromatic nitrogens is 6. The van der Waals surface area contributed by atoms with E-state index in [1.807, 2.05) is 0 Å². The van der Waals surface area contributed by atoms with Gasteiger partial charge in [0.2, 0.25) is 0 Å². The summed E-state index contributed by atoms with van der Waals surface area (Å²) in [5.41, 5.74) is 20.8. The zero-order valence-corrected chi connectivity index (χ0v) is 41.0. The van der Waals surface area contributed by atoms with E-state index in [0.717, 1.165) is 33.8 Å². The topological polar surface area (TPSA) is 53.5 Å². The highest BCUT2D eigenvalue weighted by atomic mass is 15.1. The monoisotopic (exact) mass is 924 g/mol. The summed E-state index contributed by atoms with van der Waals surface area (Å²) in [7, 11) is 0. The van der Waals surface area contributed by atoms with Crippen molar-refractivity contribution in [2.75, 3.05) is 0 Å². The van der Waals surface area contributed by atoms with Gasteiger partial charge in [-0.25, -0.2) is 15.0 Å². The molecule has 72 heavy (non-hydrogen) atoms. The minimum atomic E-state index is -0.236. The number of fused-ring (bicyclic) bond motifs is 15. The van der Waals surface area contributed by atoms with E-state index in [9.17, 15) is 0 Å². The first-order valence-corrected chi connectivity index (χ1v) is 25.3. The molecular formula is C66H48N6. The predicted octanol–water partition coefficient (Wildman–Crippen LogP) is 16.1. The lowest BCUT2D eigenvalue weighted by molar-refractivity contribution is 0.630. The number of hydrogen-bond acceptors (Lipinski definition) is 3. The average Bonchev–Trinajstić information content (AvgIpc) is 4.05. The van der Waals surface area contributed by atoms with Crippen molar-refractivity contribution in [2.24, 2.45) is 0 Å². The minimum Gasteiger partial charge on any atom is -0.309 e. The minimum absolute atomic E-state index is 0.236. The molecule has 0 spiro atoms. The molecule has 0 radical (unpaired) electrons. The van der Waals surface area contributed by atoms with Crippen LogP contribution < -0.4 is 0 Å². The smallest absolute Gasteiger partial charge is 0.164 e. The van der Waals surface area contributed by atoms with Crippen LogP contribution in [0.5, 0.6) is 0 Å². The first-order valence-electron chi connectivity index (χ1n) is 25.3. The second-order valence-corrected chi connectivity index (χ2v) is 22.0. The van der Waals surface area contributed by atoms with Crippen molar-refractivity contribution < 1.29 is 0 Å². The van der Waals surface area contributed by atoms with Crippen LogP contribution in [0.2, 0.25) is 0 Å². The fourth-order valence-corrected chi connectivity index (χ4v) is 13.7. The van der Waals surface area contributed by atoms with E-state index in [2.05, 4.69) is 237 Å². The Labute approximate surface area is 416 Å². The highest BCUT2D eigenvalue weighted by molar-refractivity contribution is 6.14. The quantitative estimate of drug-likeness (QED) is 0.177. The lowest BCUT2D eigenvalue weighted by atomic mass is 9.74. The fourth-order valence-electron chi connectivity index (χ4n) is 13.7. The van der Waals surface area contributed by atoms with Crippen LogP contribution in [0.4, 0.5) is 0 Å². The van der Waals surface area contributed by atoms with E-state index in [4.69, 9.17) is 15.0 Å². The first-order chi connectivity index (χ1) is 35.0. The summed E-state index contributed by atoms with van der Waals surface area (Å²) in [4.78, 5) is 16.5. The van der Waals surface area contributed by atoms with Crippen LogP contribution in [0.15, 0.2) is 182 Å². The van der Waals surface area contributed by atoms with Crippen molar-refractivity contribution in [3.8, 4) is 51.2 Å². The lowest BCUT2D eigenvalue weighted by Crippen LogP contribution is -2.26. The summed E-state index contributed by atoms with van der Waals surface area (Å²) >= 11 is 0. The van der Waals surface area contributed by atoms with Crippen LogP contribution in [0, 0.1) is 0 Å². The van der Waals surface area contributed by atoms with E-state index in [1.165, 1.54) is 98.8 Å². The van der Waals surface area contributed by atoms with Crippen LogP contribution in [0.3, 0.4) is 0 Å². The maximum absolute atomic E-state index is 5.51. The maximum atomic E-state index is 5.51. The van der Waals surface area contributed by atoms with Crippen LogP contribution in [0.25, 0.3) is 117 Å². The summed E-state index contributed by atoms with van der Waals surface area (Å²) in [6, 6.07) is 67.4. The highest BCUT2D eigenvalue weighted by Crippen LogP contribution is 2.52. The van der Waals surface area contributed by atoms with Gasteiger partial charge in [-0.3, -0.25) is 0 Å². The summed E-state index contributed by atoms with van der Waals surface area (Å²) in [6.07, 6.45) is 0. The second-order valence-electron chi connectivity index (χ2n) is 22.0. The van der Waals surface area contributed by atoms with Crippen LogP contribution in [-0.4, -0.2) is 28.7 Å². The van der Waals surface area contributed by atoms with Crippen molar-refractivity contribution in [1.29, 1.82) is 0 Å². The molecule has 3 aliphatic heterocycles. The molecule has 0 unspecified atom stereocenters. The van der Waals surface area contributed by atoms with E-state index in [-0.39, 0.29) is 16.2 Å². The molecule has 6 nitrogen and oxygen atoms in total. The van der Waals surface area contributed by atoms with E-state index in [0.29, 0.717) is 17.5 Å². The number of para-hydroxylation sites is 6. The third kappa shape index (κ3) is 4.92. The summed E-state index contributed by atoms with van der Waals surface area (Å²) in [6.45, 7) is 14.1. The van der Waals surface area contributed by atoms with Crippen molar-refractivity contribution in [1.82, 2.24) is 28.7 Å².